The predicted octanol–water partition coefficient (Wildman–Crippen LogP) is 4.86. The molecule has 0 unspecified atom stereocenters. The van der Waals surface area contributed by atoms with E-state index in [4.69, 9.17) is 21.7 Å². The van der Waals surface area contributed by atoms with Crippen LogP contribution in [0.3, 0.4) is 0 Å². The van der Waals surface area contributed by atoms with Gasteiger partial charge in [-0.05, 0) is 42.7 Å². The molecular weight excluding hydrogens is 478 g/mol. The van der Waals surface area contributed by atoms with Crippen LogP contribution in [-0.4, -0.2) is 42.2 Å². The van der Waals surface area contributed by atoms with E-state index in [0.29, 0.717) is 37.3 Å². The number of thiazole rings is 1. The first kappa shape index (κ1) is 21.6. The Balaban J connectivity index is 1.49. The van der Waals surface area contributed by atoms with Gasteiger partial charge in [-0.25, -0.2) is 4.98 Å². The van der Waals surface area contributed by atoms with Gasteiger partial charge >= 0.3 is 0 Å². The molecule has 0 spiro atoms. The molecule has 31 heavy (non-hydrogen) atoms. The fraction of sp³-hybridized carbons (Fsp3) is 0.158. The van der Waals surface area contributed by atoms with E-state index in [1.165, 1.54) is 23.1 Å². The van der Waals surface area contributed by atoms with Crippen LogP contribution >= 0.6 is 46.0 Å². The predicted molar refractivity (Wildman–Crippen MR) is 127 cm³/mol. The largest absolute Gasteiger partial charge is 0.463 e. The van der Waals surface area contributed by atoms with Crippen LogP contribution in [-0.2, 0) is 4.74 Å². The molecule has 1 aromatic carbocycles. The van der Waals surface area contributed by atoms with Crippen LogP contribution in [0.4, 0.5) is 17.2 Å². The fourth-order valence-electron chi connectivity index (χ4n) is 2.80. The number of carbonyl (C=O) groups excluding carboxylic acids is 2. The van der Waals surface area contributed by atoms with Crippen molar-refractivity contribution in [1.82, 2.24) is 4.98 Å². The summed E-state index contributed by atoms with van der Waals surface area (Å²) in [5.74, 6) is -0.536. The summed E-state index contributed by atoms with van der Waals surface area (Å²) in [6, 6.07) is 10.5. The zero-order chi connectivity index (χ0) is 22.0. The van der Waals surface area contributed by atoms with Crippen LogP contribution in [0.15, 0.2) is 40.7 Å². The Morgan fingerprint density at radius 2 is 1.94 bits per heavy atom. The number of amides is 2. The number of hydrogen-bond donors (Lipinski definition) is 3. The summed E-state index contributed by atoms with van der Waals surface area (Å²) < 4.78 is 6.32. The zero-order valence-corrected chi connectivity index (χ0v) is 19.3. The standard InChI is InChI=1S/C19H16ClN5O3S3/c1-29-19-24-15(23-16(26)12-6-7-13(20)30-12)14(31-19)17(27)22-10-2-4-11(5-3-10)25-8-9-28-18(25)21/h2-7,21H,8-9H2,1H3,(H,22,27)(H,23,26). The fourth-order valence-corrected chi connectivity index (χ4v) is 5.16. The third-order valence-electron chi connectivity index (χ3n) is 4.25. The van der Waals surface area contributed by atoms with Gasteiger partial charge in [0.1, 0.15) is 11.5 Å². The Bertz CT molecular complexity index is 1150. The molecule has 2 aromatic heterocycles. The van der Waals surface area contributed by atoms with Crippen LogP contribution in [0.25, 0.3) is 0 Å². The number of amidine groups is 1. The zero-order valence-electron chi connectivity index (χ0n) is 16.1. The number of thiophene rings is 1. The molecule has 1 fully saturated rings. The minimum absolute atomic E-state index is 0.110. The molecule has 1 aliphatic heterocycles. The minimum atomic E-state index is -0.373. The Labute approximate surface area is 195 Å². The second kappa shape index (κ2) is 9.27. The molecule has 12 heteroatoms. The molecule has 8 nitrogen and oxygen atoms in total. The number of carbonyl (C=O) groups is 2. The van der Waals surface area contributed by atoms with Gasteiger partial charge in [-0.1, -0.05) is 23.4 Å². The third-order valence-corrected chi connectivity index (χ3v) is 7.52. The van der Waals surface area contributed by atoms with E-state index in [2.05, 4.69) is 15.6 Å². The lowest BCUT2D eigenvalue weighted by Crippen LogP contribution is -2.23. The third kappa shape index (κ3) is 4.85. The molecule has 3 aromatic rings. The van der Waals surface area contributed by atoms with E-state index in [1.807, 2.05) is 18.4 Å². The summed E-state index contributed by atoms with van der Waals surface area (Å²) in [6.45, 7) is 1.09. The van der Waals surface area contributed by atoms with E-state index < -0.39 is 0 Å². The van der Waals surface area contributed by atoms with Gasteiger partial charge in [0.15, 0.2) is 10.2 Å². The van der Waals surface area contributed by atoms with E-state index in [-0.39, 0.29) is 23.7 Å². The van der Waals surface area contributed by atoms with Gasteiger partial charge in [-0.15, -0.1) is 22.7 Å². The molecule has 1 aliphatic rings. The van der Waals surface area contributed by atoms with Crippen LogP contribution in [0.2, 0.25) is 4.34 Å². The maximum atomic E-state index is 12.9. The molecule has 0 bridgehead atoms. The highest BCUT2D eigenvalue weighted by Gasteiger charge is 2.22. The van der Waals surface area contributed by atoms with Crippen molar-refractivity contribution in [3.8, 4) is 0 Å². The van der Waals surface area contributed by atoms with Crippen LogP contribution in [0, 0.1) is 5.41 Å². The summed E-state index contributed by atoms with van der Waals surface area (Å²) in [6.07, 6.45) is 1.85. The van der Waals surface area contributed by atoms with Crippen molar-refractivity contribution in [2.75, 3.05) is 34.9 Å². The van der Waals surface area contributed by atoms with Crippen LogP contribution in [0.5, 0.6) is 0 Å². The Kier molecular flexibility index (Phi) is 6.46. The van der Waals surface area contributed by atoms with Crippen molar-refractivity contribution in [1.29, 1.82) is 5.41 Å². The lowest BCUT2D eigenvalue weighted by Gasteiger charge is -2.15. The number of nitrogens with zero attached hydrogens (tertiary/aromatic N) is 2. The molecule has 3 N–H and O–H groups in total. The Hall–Kier alpha value is -2.60. The molecule has 2 amide bonds. The van der Waals surface area contributed by atoms with Crippen molar-refractivity contribution >= 4 is 81.1 Å². The summed E-state index contributed by atoms with van der Waals surface area (Å²) in [5.41, 5.74) is 1.40. The second-order valence-electron chi connectivity index (χ2n) is 6.23. The van der Waals surface area contributed by atoms with Gasteiger partial charge in [0, 0.05) is 11.4 Å². The number of ether oxygens (including phenoxy) is 1. The number of anilines is 3. The number of thioether (sulfide) groups is 1. The maximum Gasteiger partial charge on any atom is 0.289 e. The van der Waals surface area contributed by atoms with Crippen molar-refractivity contribution in [2.24, 2.45) is 0 Å². The molecule has 4 rings (SSSR count). The maximum absolute atomic E-state index is 12.9. The van der Waals surface area contributed by atoms with E-state index in [0.717, 1.165) is 17.0 Å². The van der Waals surface area contributed by atoms with Crippen molar-refractivity contribution in [3.05, 3.63) is 50.5 Å². The average Bonchev–Trinajstić information content (AvgIpc) is 3.48. The number of halogens is 1. The molecule has 0 radical (unpaired) electrons. The Morgan fingerprint density at radius 3 is 2.55 bits per heavy atom. The monoisotopic (exact) mass is 493 g/mol. The van der Waals surface area contributed by atoms with Crippen molar-refractivity contribution in [3.63, 3.8) is 0 Å². The lowest BCUT2D eigenvalue weighted by atomic mass is 10.2. The summed E-state index contributed by atoms with van der Waals surface area (Å²) in [7, 11) is 0. The molecule has 0 saturated carbocycles. The molecule has 1 saturated heterocycles. The Morgan fingerprint density at radius 1 is 1.16 bits per heavy atom. The first-order chi connectivity index (χ1) is 14.9. The average molecular weight is 494 g/mol. The van der Waals surface area contributed by atoms with E-state index in [9.17, 15) is 9.59 Å². The van der Waals surface area contributed by atoms with Crippen molar-refractivity contribution < 1.29 is 14.3 Å². The van der Waals surface area contributed by atoms with Gasteiger partial charge in [-0.2, -0.15) is 0 Å². The first-order valence-electron chi connectivity index (χ1n) is 8.96. The minimum Gasteiger partial charge on any atom is -0.463 e. The summed E-state index contributed by atoms with van der Waals surface area (Å²) in [4.78, 5) is 32.2. The van der Waals surface area contributed by atoms with Gasteiger partial charge in [-0.3, -0.25) is 19.9 Å². The molecular formula is C19H16ClN5O3S3. The molecule has 3 heterocycles. The number of nitrogens with one attached hydrogen (secondary N) is 3. The van der Waals surface area contributed by atoms with Gasteiger partial charge < -0.3 is 15.4 Å². The lowest BCUT2D eigenvalue weighted by molar-refractivity contribution is 0.102. The summed E-state index contributed by atoms with van der Waals surface area (Å²) in [5, 5.41) is 13.3. The number of aromatic nitrogens is 1. The van der Waals surface area contributed by atoms with Crippen LogP contribution < -0.4 is 15.5 Å². The van der Waals surface area contributed by atoms with E-state index >= 15 is 0 Å². The first-order valence-corrected chi connectivity index (χ1v) is 12.2. The van der Waals surface area contributed by atoms with Gasteiger partial charge in [0.05, 0.1) is 15.8 Å². The number of benzene rings is 1. The van der Waals surface area contributed by atoms with Crippen LogP contribution in [0.1, 0.15) is 19.3 Å². The highest BCUT2D eigenvalue weighted by atomic mass is 35.5. The van der Waals surface area contributed by atoms with E-state index in [1.54, 1.807) is 29.2 Å². The van der Waals surface area contributed by atoms with Gasteiger partial charge in [0.25, 0.3) is 17.8 Å². The highest BCUT2D eigenvalue weighted by molar-refractivity contribution is 8.00. The smallest absolute Gasteiger partial charge is 0.289 e. The van der Waals surface area contributed by atoms with Crippen molar-refractivity contribution in [2.45, 2.75) is 4.34 Å². The topological polar surface area (TPSA) is 107 Å². The molecule has 160 valence electrons. The quantitative estimate of drug-likeness (QED) is 0.423. The number of rotatable bonds is 6. The highest BCUT2D eigenvalue weighted by Crippen LogP contribution is 2.31. The summed E-state index contributed by atoms with van der Waals surface area (Å²) >= 11 is 9.65. The number of hydrogen-bond acceptors (Lipinski definition) is 8. The molecule has 0 atom stereocenters. The SMILES string of the molecule is CSc1nc(NC(=O)c2ccc(Cl)s2)c(C(=O)Nc2ccc(N3CCOC3=N)cc2)s1. The van der Waals surface area contributed by atoms with Gasteiger partial charge in [0.2, 0.25) is 0 Å². The second-order valence-corrected chi connectivity index (χ2v) is 9.99. The molecule has 0 aliphatic carbocycles. The normalized spacial score (nSPS) is 13.2.